The molecule has 4 saturated heterocycles. The molecule has 6 atom stereocenters. The van der Waals surface area contributed by atoms with Crippen LogP contribution < -0.4 is 10.6 Å². The van der Waals surface area contributed by atoms with Gasteiger partial charge in [0.2, 0.25) is 0 Å². The summed E-state index contributed by atoms with van der Waals surface area (Å²) in [5.41, 5.74) is 2.34. The van der Waals surface area contributed by atoms with Crippen molar-refractivity contribution >= 4 is 109 Å². The van der Waals surface area contributed by atoms with Crippen molar-refractivity contribution in [1.29, 1.82) is 0 Å². The molecule has 84 heavy (non-hydrogen) atoms. The highest BCUT2D eigenvalue weighted by Crippen LogP contribution is 2.40. The number of urea groups is 2. The zero-order valence-electron chi connectivity index (χ0n) is 45.7. The van der Waals surface area contributed by atoms with E-state index in [-0.39, 0.29) is 78.8 Å². The first-order valence-corrected chi connectivity index (χ1v) is 30.5. The Morgan fingerprint density at radius 1 is 0.714 bits per heavy atom. The molecule has 4 N–H and O–H groups in total. The first-order chi connectivity index (χ1) is 39.8. The van der Waals surface area contributed by atoms with E-state index in [2.05, 4.69) is 46.4 Å². The van der Waals surface area contributed by atoms with E-state index in [4.69, 9.17) is 42.8 Å². The predicted octanol–water partition coefficient (Wildman–Crippen LogP) is 9.14. The number of amidine groups is 2. The predicted molar refractivity (Wildman–Crippen MR) is 319 cm³/mol. The van der Waals surface area contributed by atoms with Gasteiger partial charge in [0.05, 0.1) is 59.3 Å². The number of fused-ring (bicyclic) bond motifs is 2. The number of ether oxygens (including phenoxy) is 2. The number of carboxylic acid groups (broad SMARTS) is 2. The van der Waals surface area contributed by atoms with Crippen LogP contribution in [0.1, 0.15) is 100 Å². The average molecular weight is 1310 g/mol. The lowest BCUT2D eigenvalue weighted by Gasteiger charge is -2.38. The number of halogens is 5. The Labute approximate surface area is 511 Å². The molecule has 452 valence electrons. The molecule has 0 radical (unpaired) electrons. The van der Waals surface area contributed by atoms with Gasteiger partial charge in [-0.3, -0.25) is 24.5 Å². The molecular weight excluding hydrogens is 1240 g/mol. The van der Waals surface area contributed by atoms with Gasteiger partial charge >= 0.3 is 35.9 Å². The van der Waals surface area contributed by atoms with E-state index in [0.29, 0.717) is 94.8 Å². The van der Waals surface area contributed by atoms with Crippen LogP contribution >= 0.6 is 61.8 Å². The molecule has 4 amide bonds. The fraction of sp³-hybridized carbons (Fsp3) is 0.464. The van der Waals surface area contributed by atoms with Crippen LogP contribution in [-0.4, -0.2) is 181 Å². The zero-order chi connectivity index (χ0) is 59.6. The molecule has 2 aromatic carbocycles. The van der Waals surface area contributed by atoms with E-state index in [0.717, 1.165) is 19.4 Å². The van der Waals surface area contributed by atoms with E-state index in [1.165, 1.54) is 53.4 Å². The van der Waals surface area contributed by atoms with Crippen molar-refractivity contribution in [3.05, 3.63) is 125 Å². The summed E-state index contributed by atoms with van der Waals surface area (Å²) in [7, 11) is 0. The SMILES string of the molecule is C.CCOC(=O)C1=C(CBr)NC(c2nccs2)=N[C@H]1c1cccc(F)c1Cl.CCOC(=O)C1=C(CN2CCN3C(=O)N([C@@H](C)CC(=O)O)C[C@@H]3C2)NC(c2nccs2)=N[C@H]1c1cccc(F)c1Cl.C[C@@H](CC(=O)O)N1C[C@@H]2CCCCN2C1=O. The molecule has 0 saturated carbocycles. The highest BCUT2D eigenvalue weighted by atomic mass is 79.9. The van der Waals surface area contributed by atoms with E-state index in [1.807, 2.05) is 17.2 Å². The first-order valence-electron chi connectivity index (χ1n) is 26.9. The number of hydrogen-bond donors (Lipinski definition) is 4. The van der Waals surface area contributed by atoms with E-state index >= 15 is 0 Å². The summed E-state index contributed by atoms with van der Waals surface area (Å²) >= 11 is 18.7. The van der Waals surface area contributed by atoms with Crippen LogP contribution in [-0.2, 0) is 28.7 Å². The van der Waals surface area contributed by atoms with Crippen molar-refractivity contribution in [2.45, 2.75) is 103 Å². The zero-order valence-corrected chi connectivity index (χ0v) is 50.5. The van der Waals surface area contributed by atoms with Gasteiger partial charge in [-0.25, -0.2) is 37.9 Å². The molecular formula is C56H66BrCl2F2N11O10S2. The lowest BCUT2D eigenvalue weighted by atomic mass is 9.95. The normalized spacial score (nSPS) is 21.0. The first kappa shape index (κ1) is 65.0. The highest BCUT2D eigenvalue weighted by molar-refractivity contribution is 9.09. The van der Waals surface area contributed by atoms with Crippen LogP contribution in [0.15, 0.2) is 92.1 Å². The van der Waals surface area contributed by atoms with Gasteiger partial charge in [0.25, 0.3) is 0 Å². The third kappa shape index (κ3) is 14.9. The summed E-state index contributed by atoms with van der Waals surface area (Å²) < 4.78 is 39.2. The van der Waals surface area contributed by atoms with Crippen molar-refractivity contribution in [1.82, 2.24) is 45.1 Å². The summed E-state index contributed by atoms with van der Waals surface area (Å²) in [5.74, 6) is -3.19. The molecule has 28 heteroatoms. The molecule has 0 bridgehead atoms. The van der Waals surface area contributed by atoms with Crippen LogP contribution in [0.4, 0.5) is 18.4 Å². The van der Waals surface area contributed by atoms with Crippen LogP contribution in [0.25, 0.3) is 0 Å². The number of aliphatic carboxylic acids is 2. The van der Waals surface area contributed by atoms with Gasteiger partial charge in [-0.05, 0) is 59.1 Å². The van der Waals surface area contributed by atoms with E-state index < -0.39 is 53.6 Å². The van der Waals surface area contributed by atoms with Gasteiger partial charge in [-0.15, -0.1) is 22.7 Å². The molecule has 2 aromatic heterocycles. The summed E-state index contributed by atoms with van der Waals surface area (Å²) in [6.07, 6.45) is 6.52. The number of allylic oxidation sites excluding steroid dienone is 1. The number of hydrogen-bond acceptors (Lipinski definition) is 17. The number of carbonyl (C=O) groups is 6. The molecule has 0 spiro atoms. The summed E-state index contributed by atoms with van der Waals surface area (Å²) in [6.45, 7) is 11.1. The summed E-state index contributed by atoms with van der Waals surface area (Å²) in [6, 6.07) is 6.53. The minimum absolute atomic E-state index is 0. The minimum atomic E-state index is -0.954. The number of nitrogens with one attached hydrogen (secondary N) is 2. The number of aliphatic imine (C=N–C) groups is 2. The van der Waals surface area contributed by atoms with Crippen molar-refractivity contribution in [2.75, 3.05) is 64.4 Å². The molecule has 21 nitrogen and oxygen atoms in total. The number of carboxylic acids is 2. The van der Waals surface area contributed by atoms with Crippen molar-refractivity contribution < 1.29 is 57.2 Å². The van der Waals surface area contributed by atoms with Crippen molar-refractivity contribution in [3.63, 3.8) is 0 Å². The standard InChI is InChI=1S/C27H30ClFN6O5S.C17H14BrClFN3O2S.C11H18N2O3.CH4/c1-3-40-26(38)21-19(14-33-8-9-34-16(12-33)13-35(27(34)39)15(2)11-20(36)37)31-24(25-30-7-10-41-25)32-23(21)17-5-4-6-18(29)22(17)28;1-2-25-17(24)12-11(8-18)22-15(16-21-6-7-26-16)23-14(12)9-4-3-5-10(20)13(9)19;1-8(6-10(14)15)13-7-9-4-2-3-5-12(9)11(13)16;/h4-7,10,15-16,23H,3,8-9,11-14H2,1-2H3,(H,31,32)(H,36,37);3-7,14H,2,8H2,1H3,(H,22,23);8-9H,2-7H2,1H3,(H,14,15);1H4/t15-,16-,23-;14-;8-,9-;/m000./s1. The fourth-order valence-electron chi connectivity index (χ4n) is 10.7. The average Bonchev–Trinajstić information content (AvgIpc) is 4.44. The molecule has 4 aromatic rings. The smallest absolute Gasteiger partial charge is 0.338 e. The Morgan fingerprint density at radius 2 is 1.19 bits per heavy atom. The van der Waals surface area contributed by atoms with Gasteiger partial charge in [0, 0.05) is 109 Å². The Hall–Kier alpha value is -6.58. The number of aromatic nitrogens is 2. The highest BCUT2D eigenvalue weighted by Gasteiger charge is 2.44. The Kier molecular flexibility index (Phi) is 22.8. The maximum Gasteiger partial charge on any atom is 0.338 e. The monoisotopic (exact) mass is 1300 g/mol. The minimum Gasteiger partial charge on any atom is -0.481 e. The number of nitrogens with zero attached hydrogens (tertiary/aromatic N) is 9. The second-order valence-electron chi connectivity index (χ2n) is 20.0. The van der Waals surface area contributed by atoms with Gasteiger partial charge < -0.3 is 49.9 Å². The quantitative estimate of drug-likeness (QED) is 0.0568. The van der Waals surface area contributed by atoms with Crippen LogP contribution in [0.3, 0.4) is 0 Å². The van der Waals surface area contributed by atoms with Gasteiger partial charge in [-0.1, -0.05) is 70.8 Å². The number of thiazole rings is 2. The van der Waals surface area contributed by atoms with E-state index in [1.54, 1.807) is 65.4 Å². The molecule has 6 aliphatic rings. The van der Waals surface area contributed by atoms with Crippen LogP contribution in [0.5, 0.6) is 0 Å². The second kappa shape index (κ2) is 29.5. The number of piperazine rings is 1. The third-order valence-electron chi connectivity index (χ3n) is 14.6. The molecule has 0 aliphatic carbocycles. The number of piperidine rings is 1. The van der Waals surface area contributed by atoms with Crippen LogP contribution in [0, 0.1) is 11.6 Å². The second-order valence-corrected chi connectivity index (χ2v) is 23.1. The molecule has 10 rings (SSSR count). The number of benzene rings is 2. The summed E-state index contributed by atoms with van der Waals surface area (Å²) in [5, 5.41) is 29.4. The molecule has 6 aliphatic heterocycles. The van der Waals surface area contributed by atoms with Gasteiger partial charge in [0.15, 0.2) is 21.7 Å². The Morgan fingerprint density at radius 3 is 1.64 bits per heavy atom. The van der Waals surface area contributed by atoms with Crippen molar-refractivity contribution in [3.8, 4) is 0 Å². The Balaban J connectivity index is 0.000000200. The third-order valence-corrected chi connectivity index (χ3v) is 17.5. The van der Waals surface area contributed by atoms with Crippen LogP contribution in [0.2, 0.25) is 10.0 Å². The molecule has 0 unspecified atom stereocenters. The topological polar surface area (TPSA) is 252 Å². The lowest BCUT2D eigenvalue weighted by molar-refractivity contribution is -0.139. The molecule has 4 fully saturated rings. The van der Waals surface area contributed by atoms with E-state index in [9.17, 15) is 42.7 Å². The van der Waals surface area contributed by atoms with Crippen molar-refractivity contribution in [2.24, 2.45) is 9.98 Å². The largest absolute Gasteiger partial charge is 0.481 e. The maximum atomic E-state index is 14.5. The fourth-order valence-corrected chi connectivity index (χ4v) is 12.7. The number of rotatable bonds is 17. The number of alkyl halides is 1. The summed E-state index contributed by atoms with van der Waals surface area (Å²) in [4.78, 5) is 100.0. The number of amides is 4. The lowest BCUT2D eigenvalue weighted by Crippen LogP contribution is -2.53. The maximum absolute atomic E-state index is 14.5. The number of esters is 2. The molecule has 8 heterocycles. The number of carbonyl (C=O) groups excluding carboxylic acids is 4. The Bertz CT molecular complexity index is 3190. The van der Waals surface area contributed by atoms with Gasteiger partial charge in [-0.2, -0.15) is 0 Å². The van der Waals surface area contributed by atoms with Gasteiger partial charge in [0.1, 0.15) is 23.7 Å².